The maximum absolute atomic E-state index is 11.9. The first-order valence-corrected chi connectivity index (χ1v) is 9.34. The molecule has 0 saturated carbocycles. The smallest absolute Gasteiger partial charge is 0.339 e. The molecule has 23 heavy (non-hydrogen) atoms. The van der Waals surface area contributed by atoms with E-state index in [9.17, 15) is 13.2 Å². The van der Waals surface area contributed by atoms with Gasteiger partial charge in [-0.15, -0.1) is 0 Å². The van der Waals surface area contributed by atoms with Gasteiger partial charge in [0.2, 0.25) is 0 Å². The number of hydrogen-bond donors (Lipinski definition) is 0. The van der Waals surface area contributed by atoms with E-state index < -0.39 is 9.84 Å². The van der Waals surface area contributed by atoms with Crippen molar-refractivity contribution in [2.45, 2.75) is 19.8 Å². The van der Waals surface area contributed by atoms with E-state index in [0.29, 0.717) is 23.3 Å². The van der Waals surface area contributed by atoms with Crippen LogP contribution in [0.4, 0.5) is 0 Å². The molecule has 0 spiro atoms. The lowest BCUT2D eigenvalue weighted by molar-refractivity contribution is -0.134. The monoisotopic (exact) mass is 332 g/mol. The molecule has 0 aromatic heterocycles. The SMILES string of the molecule is CC/C=C(\C=C/CC1=C(c2ccccc2)C(=O)OC1)S(C)(=O)=O. The van der Waals surface area contributed by atoms with Gasteiger partial charge in [0, 0.05) is 6.26 Å². The molecule has 2 rings (SSSR count). The van der Waals surface area contributed by atoms with Gasteiger partial charge < -0.3 is 4.74 Å². The molecule has 0 atom stereocenters. The van der Waals surface area contributed by atoms with Crippen LogP contribution in [0.1, 0.15) is 25.3 Å². The second-order valence-electron chi connectivity index (χ2n) is 5.31. The highest BCUT2D eigenvalue weighted by Gasteiger charge is 2.25. The van der Waals surface area contributed by atoms with E-state index in [-0.39, 0.29) is 12.6 Å². The molecule has 5 heteroatoms. The number of allylic oxidation sites excluding steroid dienone is 3. The summed E-state index contributed by atoms with van der Waals surface area (Å²) in [6.07, 6.45) is 7.35. The molecule has 0 aliphatic carbocycles. The molecular weight excluding hydrogens is 312 g/mol. The Morgan fingerprint density at radius 2 is 1.96 bits per heavy atom. The van der Waals surface area contributed by atoms with Gasteiger partial charge in [0.25, 0.3) is 0 Å². The maximum Gasteiger partial charge on any atom is 0.339 e. The summed E-state index contributed by atoms with van der Waals surface area (Å²) in [6, 6.07) is 9.35. The van der Waals surface area contributed by atoms with E-state index >= 15 is 0 Å². The fourth-order valence-electron chi connectivity index (χ4n) is 2.39. The van der Waals surface area contributed by atoms with Crippen LogP contribution >= 0.6 is 0 Å². The van der Waals surface area contributed by atoms with Crippen molar-refractivity contribution in [2.75, 3.05) is 12.9 Å². The molecule has 0 fully saturated rings. The first kappa shape index (κ1) is 17.2. The van der Waals surface area contributed by atoms with Crippen LogP contribution < -0.4 is 0 Å². The highest BCUT2D eigenvalue weighted by molar-refractivity contribution is 7.94. The van der Waals surface area contributed by atoms with E-state index in [1.54, 1.807) is 18.2 Å². The molecule has 1 heterocycles. The van der Waals surface area contributed by atoms with Crippen molar-refractivity contribution in [1.82, 2.24) is 0 Å². The number of sulfone groups is 1. The number of carbonyl (C=O) groups excluding carboxylic acids is 1. The van der Waals surface area contributed by atoms with Crippen LogP contribution in [0.15, 0.2) is 59.0 Å². The maximum atomic E-state index is 11.9. The minimum atomic E-state index is -3.24. The van der Waals surface area contributed by atoms with Gasteiger partial charge in [-0.3, -0.25) is 0 Å². The third kappa shape index (κ3) is 4.42. The van der Waals surface area contributed by atoms with E-state index in [1.807, 2.05) is 37.3 Å². The Hall–Kier alpha value is -2.14. The first-order valence-electron chi connectivity index (χ1n) is 7.44. The number of carbonyl (C=O) groups is 1. The van der Waals surface area contributed by atoms with Crippen molar-refractivity contribution in [3.63, 3.8) is 0 Å². The molecule has 0 amide bonds. The molecule has 1 aromatic rings. The summed E-state index contributed by atoms with van der Waals surface area (Å²) in [6.45, 7) is 2.14. The Balaban J connectivity index is 2.24. The van der Waals surface area contributed by atoms with Crippen molar-refractivity contribution >= 4 is 21.4 Å². The number of rotatable bonds is 6. The van der Waals surface area contributed by atoms with Crippen molar-refractivity contribution in [1.29, 1.82) is 0 Å². The fourth-order valence-corrected chi connectivity index (χ4v) is 3.20. The minimum Gasteiger partial charge on any atom is -0.458 e. The van der Waals surface area contributed by atoms with E-state index in [0.717, 1.165) is 11.1 Å². The normalized spacial score (nSPS) is 16.3. The fraction of sp³-hybridized carbons (Fsp3) is 0.278. The zero-order chi connectivity index (χ0) is 16.9. The molecule has 0 N–H and O–H groups in total. The van der Waals surface area contributed by atoms with E-state index in [2.05, 4.69) is 0 Å². The van der Waals surface area contributed by atoms with Gasteiger partial charge in [-0.1, -0.05) is 49.4 Å². The predicted octanol–water partition coefficient (Wildman–Crippen LogP) is 3.28. The standard InChI is InChI=1S/C18H20O4S/c1-3-8-16(23(2,20)21)12-7-11-15-13-22-18(19)17(15)14-9-5-4-6-10-14/h4-10,12H,3,11,13H2,1-2H3/b12-7-,16-8+. The molecular formula is C18H20O4S. The zero-order valence-corrected chi connectivity index (χ0v) is 14.1. The van der Waals surface area contributed by atoms with Gasteiger partial charge in [0.1, 0.15) is 6.61 Å². The highest BCUT2D eigenvalue weighted by atomic mass is 32.2. The number of esters is 1. The largest absolute Gasteiger partial charge is 0.458 e. The summed E-state index contributed by atoms with van der Waals surface area (Å²) in [5, 5.41) is 0. The third-order valence-electron chi connectivity index (χ3n) is 3.48. The predicted molar refractivity (Wildman–Crippen MR) is 91.3 cm³/mol. The van der Waals surface area contributed by atoms with Crippen LogP contribution in [0.25, 0.3) is 5.57 Å². The lowest BCUT2D eigenvalue weighted by Gasteiger charge is -2.02. The van der Waals surface area contributed by atoms with Crippen LogP contribution in [-0.2, 0) is 19.4 Å². The molecule has 0 bridgehead atoms. The average molecular weight is 332 g/mol. The van der Waals surface area contributed by atoms with Gasteiger partial charge in [-0.05, 0) is 30.1 Å². The van der Waals surface area contributed by atoms with Crippen LogP contribution in [-0.4, -0.2) is 27.2 Å². The summed E-state index contributed by atoms with van der Waals surface area (Å²) in [7, 11) is -3.24. The molecule has 1 aromatic carbocycles. The highest BCUT2D eigenvalue weighted by Crippen LogP contribution is 2.28. The Morgan fingerprint density at radius 3 is 2.57 bits per heavy atom. The van der Waals surface area contributed by atoms with Crippen LogP contribution in [0.2, 0.25) is 0 Å². The van der Waals surface area contributed by atoms with Crippen LogP contribution in [0.5, 0.6) is 0 Å². The zero-order valence-electron chi connectivity index (χ0n) is 13.3. The summed E-state index contributed by atoms with van der Waals surface area (Å²) < 4.78 is 28.5. The van der Waals surface area contributed by atoms with E-state index in [4.69, 9.17) is 4.74 Å². The second-order valence-corrected chi connectivity index (χ2v) is 7.33. The lowest BCUT2D eigenvalue weighted by Crippen LogP contribution is -1.98. The number of benzene rings is 1. The van der Waals surface area contributed by atoms with Gasteiger partial charge in [0.15, 0.2) is 9.84 Å². The van der Waals surface area contributed by atoms with Gasteiger partial charge in [-0.25, -0.2) is 13.2 Å². The number of cyclic esters (lactones) is 1. The van der Waals surface area contributed by atoms with Crippen LogP contribution in [0.3, 0.4) is 0 Å². The van der Waals surface area contributed by atoms with E-state index in [1.165, 1.54) is 6.26 Å². The molecule has 1 aliphatic rings. The Kier molecular flexibility index (Phi) is 5.55. The first-order chi connectivity index (χ1) is 10.9. The van der Waals surface area contributed by atoms with Crippen molar-refractivity contribution < 1.29 is 17.9 Å². The summed E-state index contributed by atoms with van der Waals surface area (Å²) in [4.78, 5) is 12.2. The van der Waals surface area contributed by atoms with Gasteiger partial charge in [0.05, 0.1) is 10.5 Å². The Bertz CT molecular complexity index is 768. The molecule has 122 valence electrons. The van der Waals surface area contributed by atoms with Crippen molar-refractivity contribution in [2.24, 2.45) is 0 Å². The van der Waals surface area contributed by atoms with Crippen molar-refractivity contribution in [3.05, 3.63) is 64.6 Å². The topological polar surface area (TPSA) is 60.4 Å². The Labute approximate surface area is 137 Å². The molecule has 0 unspecified atom stereocenters. The number of hydrogen-bond acceptors (Lipinski definition) is 4. The van der Waals surface area contributed by atoms with Crippen LogP contribution in [0, 0.1) is 0 Å². The summed E-state index contributed by atoms with van der Waals surface area (Å²) in [5.74, 6) is -0.327. The number of ether oxygens (including phenoxy) is 1. The summed E-state index contributed by atoms with van der Waals surface area (Å²) in [5.41, 5.74) is 2.27. The van der Waals surface area contributed by atoms with Crippen molar-refractivity contribution in [3.8, 4) is 0 Å². The molecule has 0 saturated heterocycles. The quantitative estimate of drug-likeness (QED) is 0.592. The molecule has 0 radical (unpaired) electrons. The average Bonchev–Trinajstić information content (AvgIpc) is 2.87. The van der Waals surface area contributed by atoms with Gasteiger partial charge >= 0.3 is 5.97 Å². The summed E-state index contributed by atoms with van der Waals surface area (Å²) >= 11 is 0. The lowest BCUT2D eigenvalue weighted by atomic mass is 10.00. The van der Waals surface area contributed by atoms with Gasteiger partial charge in [-0.2, -0.15) is 0 Å². The third-order valence-corrected chi connectivity index (χ3v) is 4.64. The molecule has 1 aliphatic heterocycles. The molecule has 4 nitrogen and oxygen atoms in total. The second kappa shape index (κ2) is 7.42. The Morgan fingerprint density at radius 1 is 1.26 bits per heavy atom. The minimum absolute atomic E-state index is 0.249.